The molecule has 11 heavy (non-hydrogen) atoms. The number of benzene rings is 1. The van der Waals surface area contributed by atoms with E-state index < -0.39 is 6.85 Å². The maximum atomic E-state index is 7.32. The summed E-state index contributed by atoms with van der Waals surface area (Å²) in [6.45, 7) is -2.12. The Morgan fingerprint density at radius 2 is 2.55 bits per heavy atom. The van der Waals surface area contributed by atoms with Crippen LogP contribution in [0.15, 0.2) is 18.2 Å². The lowest BCUT2D eigenvalue weighted by atomic mass is 10.2. The summed E-state index contributed by atoms with van der Waals surface area (Å²) in [6, 6.07) is 5.09. The molecule has 0 radical (unpaired) electrons. The van der Waals surface area contributed by atoms with E-state index in [0.29, 0.717) is 10.6 Å². The Balaban J connectivity index is 2.77. The highest BCUT2D eigenvalue weighted by atomic mass is 32.1. The van der Waals surface area contributed by atoms with Gasteiger partial charge < -0.3 is 5.73 Å². The van der Waals surface area contributed by atoms with E-state index in [2.05, 4.69) is 4.98 Å². The van der Waals surface area contributed by atoms with Gasteiger partial charge in [0.2, 0.25) is 0 Å². The van der Waals surface area contributed by atoms with Gasteiger partial charge in [0.1, 0.15) is 0 Å². The molecule has 0 aliphatic rings. The van der Waals surface area contributed by atoms with E-state index in [1.165, 1.54) is 11.3 Å². The molecule has 3 heteroatoms. The molecule has 2 aromatic rings. The molecule has 0 aliphatic carbocycles. The highest BCUT2D eigenvalue weighted by Crippen LogP contribution is 2.25. The molecule has 2 nitrogen and oxygen atoms in total. The van der Waals surface area contributed by atoms with Crippen molar-refractivity contribution in [2.24, 2.45) is 0 Å². The molecule has 0 aliphatic heterocycles. The van der Waals surface area contributed by atoms with Gasteiger partial charge in [0.15, 0.2) is 5.13 Å². The van der Waals surface area contributed by atoms with Crippen LogP contribution in [0.1, 0.15) is 9.68 Å². The van der Waals surface area contributed by atoms with Crippen LogP contribution >= 0.6 is 11.3 Å². The fraction of sp³-hybridized carbons (Fsp3) is 0.125. The van der Waals surface area contributed by atoms with E-state index in [4.69, 9.17) is 9.85 Å². The lowest BCUT2D eigenvalue weighted by Gasteiger charge is -1.89. The van der Waals surface area contributed by atoms with Crippen LogP contribution in [0.5, 0.6) is 0 Å². The van der Waals surface area contributed by atoms with Crippen molar-refractivity contribution in [3.63, 3.8) is 0 Å². The minimum Gasteiger partial charge on any atom is -0.375 e. The Labute approximate surface area is 72.9 Å². The van der Waals surface area contributed by atoms with Crippen molar-refractivity contribution in [3.05, 3.63) is 23.8 Å². The molecule has 1 heterocycles. The third-order valence-electron chi connectivity index (χ3n) is 1.44. The quantitative estimate of drug-likeness (QED) is 0.653. The molecular formula is C8H8N2S. The number of nitrogen functional groups attached to an aromatic ring is 1. The summed E-state index contributed by atoms with van der Waals surface area (Å²) in [4.78, 5) is 4.02. The number of nitrogens with zero attached hydrogens (tertiary/aromatic N) is 1. The number of hydrogen-bond acceptors (Lipinski definition) is 3. The summed E-state index contributed by atoms with van der Waals surface area (Å²) in [7, 11) is 0. The van der Waals surface area contributed by atoms with E-state index in [-0.39, 0.29) is 5.56 Å². The predicted octanol–water partition coefficient (Wildman–Crippen LogP) is 2.19. The summed E-state index contributed by atoms with van der Waals surface area (Å²) in [5.74, 6) is 0. The van der Waals surface area contributed by atoms with Crippen molar-refractivity contribution in [3.8, 4) is 0 Å². The minimum absolute atomic E-state index is 0.267. The van der Waals surface area contributed by atoms with Gasteiger partial charge in [0, 0.05) is 4.11 Å². The van der Waals surface area contributed by atoms with Gasteiger partial charge in [-0.2, -0.15) is 0 Å². The third kappa shape index (κ3) is 0.973. The maximum absolute atomic E-state index is 7.32. The number of aromatic nitrogens is 1. The average Bonchev–Trinajstić information content (AvgIpc) is 2.41. The van der Waals surface area contributed by atoms with Crippen LogP contribution in [0.25, 0.3) is 10.2 Å². The van der Waals surface area contributed by atoms with Gasteiger partial charge in [-0.05, 0) is 18.5 Å². The molecule has 0 atom stereocenters. The maximum Gasteiger partial charge on any atom is 0.181 e. The van der Waals surface area contributed by atoms with Crippen molar-refractivity contribution >= 4 is 26.7 Å². The van der Waals surface area contributed by atoms with E-state index in [1.54, 1.807) is 12.1 Å². The molecule has 0 amide bonds. The summed E-state index contributed by atoms with van der Waals surface area (Å²) in [5.41, 5.74) is 6.29. The second-order valence-corrected chi connectivity index (χ2v) is 3.27. The molecule has 56 valence electrons. The smallest absolute Gasteiger partial charge is 0.181 e. The molecule has 0 bridgehead atoms. The van der Waals surface area contributed by atoms with E-state index in [0.717, 1.165) is 4.70 Å². The van der Waals surface area contributed by atoms with Crippen LogP contribution in [0.2, 0.25) is 0 Å². The Morgan fingerprint density at radius 3 is 3.36 bits per heavy atom. The van der Waals surface area contributed by atoms with Crippen LogP contribution in [0.4, 0.5) is 5.13 Å². The largest absolute Gasteiger partial charge is 0.375 e. The highest BCUT2D eigenvalue weighted by Gasteiger charge is 2.01. The van der Waals surface area contributed by atoms with Gasteiger partial charge in [-0.15, -0.1) is 0 Å². The Kier molecular flexibility index (Phi) is 0.814. The first-order valence-corrected chi connectivity index (χ1v) is 3.95. The number of thiazole rings is 1. The number of fused-ring (bicyclic) bond motifs is 1. The number of anilines is 1. The zero-order chi connectivity index (χ0) is 10.3. The van der Waals surface area contributed by atoms with Crippen LogP contribution in [-0.4, -0.2) is 4.98 Å². The van der Waals surface area contributed by atoms with Crippen LogP contribution in [0.3, 0.4) is 0 Å². The molecule has 2 N–H and O–H groups in total. The predicted molar refractivity (Wildman–Crippen MR) is 48.8 cm³/mol. The minimum atomic E-state index is -2.12. The molecule has 0 unspecified atom stereocenters. The van der Waals surface area contributed by atoms with Crippen LogP contribution < -0.4 is 5.73 Å². The molecular weight excluding hydrogens is 156 g/mol. The summed E-state index contributed by atoms with van der Waals surface area (Å²) < 4.78 is 22.8. The molecule has 0 saturated carbocycles. The molecule has 0 fully saturated rings. The van der Waals surface area contributed by atoms with Crippen molar-refractivity contribution in [1.82, 2.24) is 4.98 Å². The highest BCUT2D eigenvalue weighted by molar-refractivity contribution is 7.22. The molecule has 0 spiro atoms. The van der Waals surface area contributed by atoms with Gasteiger partial charge in [-0.25, -0.2) is 4.98 Å². The fourth-order valence-electron chi connectivity index (χ4n) is 0.966. The van der Waals surface area contributed by atoms with Gasteiger partial charge in [-0.1, -0.05) is 23.5 Å². The number of aryl methyl sites for hydroxylation is 1. The van der Waals surface area contributed by atoms with Gasteiger partial charge in [-0.3, -0.25) is 0 Å². The lowest BCUT2D eigenvalue weighted by molar-refractivity contribution is 1.43. The Hall–Kier alpha value is -1.09. The number of nitrogens with two attached hydrogens (primary N) is 1. The summed E-state index contributed by atoms with van der Waals surface area (Å²) in [5, 5.41) is 0.400. The van der Waals surface area contributed by atoms with Crippen molar-refractivity contribution in [2.45, 2.75) is 6.85 Å². The monoisotopic (exact) mass is 167 g/mol. The zero-order valence-corrected chi connectivity index (χ0v) is 6.48. The average molecular weight is 167 g/mol. The molecule has 1 aromatic carbocycles. The first kappa shape index (κ1) is 4.07. The fourth-order valence-corrected chi connectivity index (χ4v) is 1.73. The molecule has 2 rings (SSSR count). The first-order valence-electron chi connectivity index (χ1n) is 4.64. The van der Waals surface area contributed by atoms with Crippen molar-refractivity contribution in [1.29, 1.82) is 0 Å². The summed E-state index contributed by atoms with van der Waals surface area (Å²) in [6.07, 6.45) is 0. The normalized spacial score (nSPS) is 15.8. The van der Waals surface area contributed by atoms with Crippen LogP contribution in [-0.2, 0) is 0 Å². The van der Waals surface area contributed by atoms with E-state index in [1.807, 2.05) is 6.07 Å². The SMILES string of the molecule is [2H]C([2H])([2H])c1cccc2sc(N)nc12. The topological polar surface area (TPSA) is 38.9 Å². The Morgan fingerprint density at radius 1 is 1.64 bits per heavy atom. The number of para-hydroxylation sites is 1. The lowest BCUT2D eigenvalue weighted by Crippen LogP contribution is -1.80. The van der Waals surface area contributed by atoms with E-state index >= 15 is 0 Å². The second-order valence-electron chi connectivity index (χ2n) is 2.20. The summed E-state index contributed by atoms with van der Waals surface area (Å²) >= 11 is 1.30. The van der Waals surface area contributed by atoms with Gasteiger partial charge >= 0.3 is 0 Å². The third-order valence-corrected chi connectivity index (χ3v) is 2.29. The number of rotatable bonds is 0. The molecule has 0 saturated heterocycles. The van der Waals surface area contributed by atoms with E-state index in [9.17, 15) is 0 Å². The first-order chi connectivity index (χ1) is 6.48. The van der Waals surface area contributed by atoms with Crippen LogP contribution in [0, 0.1) is 6.85 Å². The Bertz CT molecular complexity index is 475. The van der Waals surface area contributed by atoms with Crippen molar-refractivity contribution < 1.29 is 4.11 Å². The van der Waals surface area contributed by atoms with Crippen molar-refractivity contribution in [2.75, 3.05) is 5.73 Å². The van der Waals surface area contributed by atoms with Gasteiger partial charge in [0.05, 0.1) is 10.2 Å². The second kappa shape index (κ2) is 2.20. The molecule has 1 aromatic heterocycles. The number of hydrogen-bond donors (Lipinski definition) is 1. The zero-order valence-electron chi connectivity index (χ0n) is 8.66. The standard InChI is InChI=1S/C8H8N2S/c1-5-3-2-4-6-7(5)10-8(9)11-6/h2-4H,1H3,(H2,9,10)/i1D3. The van der Waals surface area contributed by atoms with Gasteiger partial charge in [0.25, 0.3) is 0 Å².